The first-order valence-corrected chi connectivity index (χ1v) is 10.0. The van der Waals surface area contributed by atoms with Gasteiger partial charge in [0.1, 0.15) is 9.90 Å². The Balaban J connectivity index is 1.55. The lowest BCUT2D eigenvalue weighted by molar-refractivity contribution is 0.432. The molecule has 0 saturated heterocycles. The van der Waals surface area contributed by atoms with Crippen molar-refractivity contribution in [1.29, 1.82) is 0 Å². The highest BCUT2D eigenvalue weighted by Gasteiger charge is 2.18. The first-order chi connectivity index (χ1) is 13.0. The summed E-state index contributed by atoms with van der Waals surface area (Å²) in [5.41, 5.74) is 1.39. The average molecular weight is 400 g/mol. The van der Waals surface area contributed by atoms with Gasteiger partial charge in [0.2, 0.25) is 0 Å². The Morgan fingerprint density at radius 3 is 2.48 bits per heavy atom. The first kappa shape index (κ1) is 17.2. The average Bonchev–Trinajstić information content (AvgIpc) is 3.35. The third-order valence-electron chi connectivity index (χ3n) is 3.64. The summed E-state index contributed by atoms with van der Waals surface area (Å²) in [5, 5.41) is 9.87. The number of nitrogens with one attached hydrogen (secondary N) is 2. The fraction of sp³-hybridized carbons (Fsp3) is 0. The predicted octanol–water partition coefficient (Wildman–Crippen LogP) is 2.95. The highest BCUT2D eigenvalue weighted by molar-refractivity contribution is 7.94. The number of benzene rings is 1. The van der Waals surface area contributed by atoms with E-state index in [1.54, 1.807) is 36.4 Å². The first-order valence-electron chi connectivity index (χ1n) is 7.71. The van der Waals surface area contributed by atoms with Crippen molar-refractivity contribution >= 4 is 27.0 Å². The predicted molar refractivity (Wildman–Crippen MR) is 101 cm³/mol. The maximum atomic E-state index is 12.6. The number of H-pyrrole nitrogens is 1. The number of anilines is 1. The molecule has 0 aliphatic carbocycles. The van der Waals surface area contributed by atoms with Crippen LogP contribution in [0.4, 0.5) is 5.69 Å². The number of hydrogen-bond donors (Lipinski definition) is 2. The number of aromatic nitrogens is 3. The topological polar surface area (TPSA) is 118 Å². The second-order valence-corrected chi connectivity index (χ2v) is 8.48. The largest absolute Gasteiger partial charge is 0.356 e. The fourth-order valence-electron chi connectivity index (χ4n) is 2.36. The third-order valence-corrected chi connectivity index (χ3v) is 6.62. The summed E-state index contributed by atoms with van der Waals surface area (Å²) < 4.78 is 33.0. The maximum absolute atomic E-state index is 12.6. The van der Waals surface area contributed by atoms with Gasteiger partial charge in [-0.2, -0.15) is 5.10 Å². The Kier molecular flexibility index (Phi) is 4.34. The molecule has 8 nitrogen and oxygen atoms in total. The van der Waals surface area contributed by atoms with Crippen LogP contribution in [0.15, 0.2) is 74.3 Å². The number of nitrogens with zero attached hydrogens (tertiary/aromatic N) is 2. The molecule has 10 heteroatoms. The molecule has 0 bridgehead atoms. The van der Waals surface area contributed by atoms with Crippen LogP contribution >= 0.6 is 11.3 Å². The van der Waals surface area contributed by atoms with Gasteiger partial charge in [0.05, 0.1) is 11.1 Å². The van der Waals surface area contributed by atoms with Crippen molar-refractivity contribution in [3.63, 3.8) is 0 Å². The third kappa shape index (κ3) is 3.66. The lowest BCUT2D eigenvalue weighted by atomic mass is 10.1. The normalized spacial score (nSPS) is 11.4. The zero-order valence-electron chi connectivity index (χ0n) is 13.6. The van der Waals surface area contributed by atoms with E-state index in [1.165, 1.54) is 24.4 Å². The second-order valence-electron chi connectivity index (χ2n) is 5.48. The SMILES string of the molecule is O=c1ccc(-c2ccc(S(=O)(=O)Nc3ccc(-c4ccno4)cc3)s2)n[nH]1. The number of sulfonamides is 1. The van der Waals surface area contributed by atoms with Gasteiger partial charge in [0.25, 0.3) is 15.6 Å². The lowest BCUT2D eigenvalue weighted by Crippen LogP contribution is -2.11. The van der Waals surface area contributed by atoms with Gasteiger partial charge >= 0.3 is 0 Å². The Hall–Kier alpha value is -3.24. The van der Waals surface area contributed by atoms with Crippen molar-refractivity contribution in [2.24, 2.45) is 0 Å². The van der Waals surface area contributed by atoms with Crippen LogP contribution < -0.4 is 10.3 Å². The van der Waals surface area contributed by atoms with Crippen LogP contribution in [0.3, 0.4) is 0 Å². The molecule has 4 rings (SSSR count). The van der Waals surface area contributed by atoms with Gasteiger partial charge in [-0.25, -0.2) is 13.5 Å². The molecule has 0 fully saturated rings. The fourth-order valence-corrected chi connectivity index (χ4v) is 4.69. The molecular formula is C17H12N4O4S2. The van der Waals surface area contributed by atoms with E-state index in [0.717, 1.165) is 16.9 Å². The highest BCUT2D eigenvalue weighted by Crippen LogP contribution is 2.30. The van der Waals surface area contributed by atoms with Gasteiger partial charge in [0.15, 0.2) is 5.76 Å². The van der Waals surface area contributed by atoms with Crippen LogP contribution in [-0.4, -0.2) is 23.8 Å². The maximum Gasteiger partial charge on any atom is 0.271 e. The Bertz CT molecular complexity index is 1210. The van der Waals surface area contributed by atoms with E-state index in [4.69, 9.17) is 4.52 Å². The molecule has 0 atom stereocenters. The summed E-state index contributed by atoms with van der Waals surface area (Å²) >= 11 is 1.06. The standard InChI is InChI=1S/C17H12N4O4S2/c22-16-7-5-13(19-20-16)15-6-8-17(26-15)27(23,24)21-12-3-1-11(2-4-12)14-9-10-18-25-14/h1-10,21H,(H,20,22). The molecule has 0 saturated carbocycles. The number of rotatable bonds is 5. The smallest absolute Gasteiger partial charge is 0.271 e. The molecule has 136 valence electrons. The van der Waals surface area contributed by atoms with Gasteiger partial charge < -0.3 is 4.52 Å². The molecule has 4 aromatic rings. The summed E-state index contributed by atoms with van der Waals surface area (Å²) in [5.74, 6) is 0.598. The van der Waals surface area contributed by atoms with E-state index in [9.17, 15) is 13.2 Å². The molecule has 0 aliphatic heterocycles. The van der Waals surface area contributed by atoms with Crippen molar-refractivity contribution in [1.82, 2.24) is 15.4 Å². The van der Waals surface area contributed by atoms with E-state index in [0.29, 0.717) is 22.0 Å². The summed E-state index contributed by atoms with van der Waals surface area (Å²) in [4.78, 5) is 11.7. The zero-order valence-corrected chi connectivity index (χ0v) is 15.3. The van der Waals surface area contributed by atoms with Gasteiger partial charge in [-0.05, 0) is 42.5 Å². The minimum atomic E-state index is -3.74. The minimum Gasteiger partial charge on any atom is -0.356 e. The summed E-state index contributed by atoms with van der Waals surface area (Å²) in [7, 11) is -3.74. The highest BCUT2D eigenvalue weighted by atomic mass is 32.2. The molecule has 1 aromatic carbocycles. The number of aromatic amines is 1. The minimum absolute atomic E-state index is 0.143. The molecule has 0 unspecified atom stereocenters. The Morgan fingerprint density at radius 1 is 1.00 bits per heavy atom. The van der Waals surface area contributed by atoms with Crippen molar-refractivity contribution in [2.45, 2.75) is 4.21 Å². The molecule has 0 aliphatic rings. The summed E-state index contributed by atoms with van der Waals surface area (Å²) in [6.07, 6.45) is 1.54. The molecule has 2 N–H and O–H groups in total. The molecule has 0 radical (unpaired) electrons. The van der Waals surface area contributed by atoms with Crippen molar-refractivity contribution < 1.29 is 12.9 Å². The lowest BCUT2D eigenvalue weighted by Gasteiger charge is -2.06. The van der Waals surface area contributed by atoms with E-state index in [1.807, 2.05) is 0 Å². The van der Waals surface area contributed by atoms with Gasteiger partial charge in [-0.15, -0.1) is 11.3 Å². The Morgan fingerprint density at radius 2 is 1.81 bits per heavy atom. The summed E-state index contributed by atoms with van der Waals surface area (Å²) in [6.45, 7) is 0. The molecular weight excluding hydrogens is 388 g/mol. The van der Waals surface area contributed by atoms with E-state index in [-0.39, 0.29) is 9.77 Å². The van der Waals surface area contributed by atoms with E-state index < -0.39 is 10.0 Å². The monoisotopic (exact) mass is 400 g/mol. The van der Waals surface area contributed by atoms with Gasteiger partial charge in [-0.3, -0.25) is 9.52 Å². The molecule has 0 amide bonds. The van der Waals surface area contributed by atoms with Crippen LogP contribution in [-0.2, 0) is 10.0 Å². The van der Waals surface area contributed by atoms with Crippen LogP contribution in [0.1, 0.15) is 0 Å². The van der Waals surface area contributed by atoms with Gasteiger partial charge in [0, 0.05) is 23.4 Å². The molecule has 3 aromatic heterocycles. The number of thiophene rings is 1. The quantitative estimate of drug-likeness (QED) is 0.532. The van der Waals surface area contributed by atoms with Crippen LogP contribution in [0.25, 0.3) is 21.9 Å². The van der Waals surface area contributed by atoms with E-state index >= 15 is 0 Å². The van der Waals surface area contributed by atoms with Crippen LogP contribution in [0.2, 0.25) is 0 Å². The number of hydrogen-bond acceptors (Lipinski definition) is 7. The molecule has 3 heterocycles. The summed E-state index contributed by atoms with van der Waals surface area (Å²) in [6, 6.07) is 14.5. The molecule has 0 spiro atoms. The van der Waals surface area contributed by atoms with Crippen LogP contribution in [0.5, 0.6) is 0 Å². The second kappa shape index (κ2) is 6.82. The van der Waals surface area contributed by atoms with Crippen molar-refractivity contribution in [2.75, 3.05) is 4.72 Å². The Labute approximate surface area is 157 Å². The zero-order chi connectivity index (χ0) is 18.9. The van der Waals surface area contributed by atoms with Crippen molar-refractivity contribution in [3.05, 3.63) is 71.1 Å². The van der Waals surface area contributed by atoms with E-state index in [2.05, 4.69) is 20.1 Å². The van der Waals surface area contributed by atoms with Crippen molar-refractivity contribution in [3.8, 4) is 21.9 Å². The molecule has 27 heavy (non-hydrogen) atoms. The van der Waals surface area contributed by atoms with Crippen LogP contribution in [0, 0.1) is 0 Å². The van der Waals surface area contributed by atoms with Gasteiger partial charge in [-0.1, -0.05) is 5.16 Å².